The smallest absolute Gasteiger partial charge is 0.262 e. The minimum Gasteiger partial charge on any atom is -0.334 e. The van der Waals surface area contributed by atoms with Gasteiger partial charge in [-0.25, -0.2) is 13.4 Å². The predicted molar refractivity (Wildman–Crippen MR) is 77.0 cm³/mol. The number of sulfonamides is 1. The van der Waals surface area contributed by atoms with Crippen molar-refractivity contribution >= 4 is 21.6 Å². The van der Waals surface area contributed by atoms with Crippen molar-refractivity contribution in [2.45, 2.75) is 45.2 Å². The van der Waals surface area contributed by atoms with E-state index >= 15 is 0 Å². The van der Waals surface area contributed by atoms with E-state index in [9.17, 15) is 8.42 Å². The Morgan fingerprint density at radius 3 is 2.53 bits per heavy atom. The first-order valence-electron chi connectivity index (χ1n) is 6.57. The second-order valence-corrected chi connectivity index (χ2v) is 6.68. The molecule has 0 aliphatic heterocycles. The lowest BCUT2D eigenvalue weighted by molar-refractivity contribution is 0.426. The summed E-state index contributed by atoms with van der Waals surface area (Å²) in [5, 5.41) is 0.122. The molecule has 0 aromatic carbocycles. The van der Waals surface area contributed by atoms with Crippen LogP contribution in [-0.4, -0.2) is 41.2 Å². The fraction of sp³-hybridized carbons (Fsp3) is 0.750. The Morgan fingerprint density at radius 1 is 1.32 bits per heavy atom. The highest BCUT2D eigenvalue weighted by molar-refractivity contribution is 7.89. The van der Waals surface area contributed by atoms with E-state index in [1.165, 1.54) is 4.31 Å². The largest absolute Gasteiger partial charge is 0.334 e. The molecule has 1 rings (SSSR count). The average Bonchev–Trinajstić information content (AvgIpc) is 2.72. The van der Waals surface area contributed by atoms with Crippen molar-refractivity contribution in [2.24, 2.45) is 0 Å². The van der Waals surface area contributed by atoms with Gasteiger partial charge in [0, 0.05) is 31.7 Å². The molecule has 0 radical (unpaired) electrons. The van der Waals surface area contributed by atoms with E-state index in [0.29, 0.717) is 13.1 Å². The molecule has 1 aromatic heterocycles. The van der Waals surface area contributed by atoms with Crippen LogP contribution >= 0.6 is 11.6 Å². The zero-order chi connectivity index (χ0) is 14.5. The van der Waals surface area contributed by atoms with Gasteiger partial charge in [-0.2, -0.15) is 4.31 Å². The van der Waals surface area contributed by atoms with Crippen molar-refractivity contribution in [1.82, 2.24) is 13.9 Å². The number of rotatable bonds is 8. The monoisotopic (exact) mass is 307 g/mol. The molecule has 1 aromatic rings. The van der Waals surface area contributed by atoms with Crippen LogP contribution in [0.1, 0.15) is 32.5 Å². The van der Waals surface area contributed by atoms with Gasteiger partial charge in [-0.15, -0.1) is 11.6 Å². The minimum atomic E-state index is -3.53. The van der Waals surface area contributed by atoms with Gasteiger partial charge < -0.3 is 4.57 Å². The predicted octanol–water partition coefficient (Wildman–Crippen LogP) is 2.24. The third-order valence-electron chi connectivity index (χ3n) is 2.83. The summed E-state index contributed by atoms with van der Waals surface area (Å²) in [6.07, 6.45) is 3.31. The molecule has 0 saturated heterocycles. The molecule has 0 bridgehead atoms. The molecule has 0 aliphatic rings. The lowest BCUT2D eigenvalue weighted by Gasteiger charge is -2.18. The van der Waals surface area contributed by atoms with Crippen LogP contribution in [0.25, 0.3) is 0 Å². The molecule has 0 unspecified atom stereocenters. The van der Waals surface area contributed by atoms with E-state index < -0.39 is 10.0 Å². The number of hydrogen-bond donors (Lipinski definition) is 0. The van der Waals surface area contributed by atoms with Gasteiger partial charge in [0.1, 0.15) is 5.82 Å². The van der Waals surface area contributed by atoms with E-state index in [0.717, 1.165) is 25.2 Å². The number of alkyl halides is 1. The summed E-state index contributed by atoms with van der Waals surface area (Å²) in [4.78, 5) is 4.18. The summed E-state index contributed by atoms with van der Waals surface area (Å²) in [5.74, 6) is 1.01. The molecule has 0 aliphatic carbocycles. The first kappa shape index (κ1) is 16.5. The average molecular weight is 308 g/mol. The molecule has 0 fully saturated rings. The molecular formula is C12H22ClN3O2S. The zero-order valence-corrected chi connectivity index (χ0v) is 13.3. The van der Waals surface area contributed by atoms with Gasteiger partial charge in [0.15, 0.2) is 5.03 Å². The van der Waals surface area contributed by atoms with Crippen LogP contribution in [0.3, 0.4) is 0 Å². The Morgan fingerprint density at radius 2 is 2.00 bits per heavy atom. The maximum Gasteiger partial charge on any atom is 0.262 e. The van der Waals surface area contributed by atoms with Crippen LogP contribution in [0.15, 0.2) is 11.2 Å². The van der Waals surface area contributed by atoms with E-state index in [1.807, 2.05) is 25.3 Å². The summed E-state index contributed by atoms with van der Waals surface area (Å²) >= 11 is 5.68. The van der Waals surface area contributed by atoms with Crippen molar-refractivity contribution < 1.29 is 8.42 Å². The number of imidazole rings is 1. The molecule has 19 heavy (non-hydrogen) atoms. The number of hydrogen-bond acceptors (Lipinski definition) is 3. The van der Waals surface area contributed by atoms with Gasteiger partial charge in [-0.3, -0.25) is 0 Å². The fourth-order valence-corrected chi connectivity index (χ4v) is 3.73. The third-order valence-corrected chi connectivity index (χ3v) is 4.77. The number of aromatic nitrogens is 2. The molecule has 110 valence electrons. The minimum absolute atomic E-state index is 0.122. The molecule has 0 spiro atoms. The maximum absolute atomic E-state index is 12.5. The SMILES string of the molecule is CCCN(CCCl)S(=O)(=O)c1cn(CCC)c(C)n1. The highest BCUT2D eigenvalue weighted by Gasteiger charge is 2.26. The molecule has 0 N–H and O–H groups in total. The Balaban J connectivity index is 3.06. The third kappa shape index (κ3) is 3.94. The van der Waals surface area contributed by atoms with E-state index in [2.05, 4.69) is 4.98 Å². The first-order valence-corrected chi connectivity index (χ1v) is 8.54. The Kier molecular flexibility index (Phi) is 6.29. The van der Waals surface area contributed by atoms with Crippen molar-refractivity contribution in [2.75, 3.05) is 19.0 Å². The van der Waals surface area contributed by atoms with Gasteiger partial charge >= 0.3 is 0 Å². The van der Waals surface area contributed by atoms with Crippen molar-refractivity contribution in [3.05, 3.63) is 12.0 Å². The molecular weight excluding hydrogens is 286 g/mol. The van der Waals surface area contributed by atoms with Gasteiger partial charge in [0.05, 0.1) is 0 Å². The summed E-state index contributed by atoms with van der Waals surface area (Å²) in [5.41, 5.74) is 0. The summed E-state index contributed by atoms with van der Waals surface area (Å²) in [6.45, 7) is 7.37. The Hall–Kier alpha value is -0.590. The molecule has 0 amide bonds. The second kappa shape index (κ2) is 7.26. The van der Waals surface area contributed by atoms with E-state index in [1.54, 1.807) is 6.20 Å². The van der Waals surface area contributed by atoms with Crippen LogP contribution < -0.4 is 0 Å². The van der Waals surface area contributed by atoms with Crippen LogP contribution in [-0.2, 0) is 16.6 Å². The van der Waals surface area contributed by atoms with Crippen LogP contribution in [0, 0.1) is 6.92 Å². The number of halogens is 1. The molecule has 0 saturated carbocycles. The van der Waals surface area contributed by atoms with Crippen LogP contribution in [0.5, 0.6) is 0 Å². The maximum atomic E-state index is 12.5. The lowest BCUT2D eigenvalue weighted by Crippen LogP contribution is -2.33. The standard InChI is InChI=1S/C12H22ClN3O2S/c1-4-7-15-10-12(14-11(15)3)19(17,18)16(8-5-2)9-6-13/h10H,4-9H2,1-3H3. The van der Waals surface area contributed by atoms with Gasteiger partial charge in [-0.05, 0) is 19.8 Å². The zero-order valence-electron chi connectivity index (χ0n) is 11.8. The van der Waals surface area contributed by atoms with Gasteiger partial charge in [-0.1, -0.05) is 13.8 Å². The highest BCUT2D eigenvalue weighted by Crippen LogP contribution is 2.16. The highest BCUT2D eigenvalue weighted by atomic mass is 35.5. The molecule has 5 nitrogen and oxygen atoms in total. The van der Waals surface area contributed by atoms with Crippen molar-refractivity contribution in [3.63, 3.8) is 0 Å². The van der Waals surface area contributed by atoms with Crippen LogP contribution in [0.4, 0.5) is 0 Å². The number of aryl methyl sites for hydroxylation is 2. The fourth-order valence-electron chi connectivity index (χ4n) is 1.90. The van der Waals surface area contributed by atoms with Crippen molar-refractivity contribution in [1.29, 1.82) is 0 Å². The van der Waals surface area contributed by atoms with Gasteiger partial charge in [0.2, 0.25) is 0 Å². The molecule has 1 heterocycles. The normalized spacial score (nSPS) is 12.3. The first-order chi connectivity index (χ1) is 8.97. The van der Waals surface area contributed by atoms with Gasteiger partial charge in [0.25, 0.3) is 10.0 Å². The quantitative estimate of drug-likeness (QED) is 0.692. The molecule has 7 heteroatoms. The topological polar surface area (TPSA) is 55.2 Å². The van der Waals surface area contributed by atoms with E-state index in [4.69, 9.17) is 11.6 Å². The lowest BCUT2D eigenvalue weighted by atomic mass is 10.5. The van der Waals surface area contributed by atoms with Crippen LogP contribution in [0.2, 0.25) is 0 Å². The Labute approximate surface area is 120 Å². The summed E-state index contributed by atoms with van der Waals surface area (Å²) in [7, 11) is -3.53. The summed E-state index contributed by atoms with van der Waals surface area (Å²) in [6, 6.07) is 0. The van der Waals surface area contributed by atoms with E-state index in [-0.39, 0.29) is 10.9 Å². The molecule has 0 atom stereocenters. The second-order valence-electron chi connectivity index (χ2n) is 4.41. The van der Waals surface area contributed by atoms with Crippen molar-refractivity contribution in [3.8, 4) is 0 Å². The Bertz CT molecular complexity index is 493. The summed E-state index contributed by atoms with van der Waals surface area (Å²) < 4.78 is 28.2. The number of nitrogens with zero attached hydrogens (tertiary/aromatic N) is 3.